The molecule has 0 saturated heterocycles. The van der Waals surface area contributed by atoms with Crippen LogP contribution in [0.2, 0.25) is 5.02 Å². The molecule has 172 valence electrons. The summed E-state index contributed by atoms with van der Waals surface area (Å²) in [7, 11) is 0. The number of benzene rings is 2. The molecule has 0 unspecified atom stereocenters. The molecule has 4 rings (SSSR count). The van der Waals surface area contributed by atoms with E-state index in [9.17, 15) is 9.59 Å². The third-order valence-electron chi connectivity index (χ3n) is 4.99. The van der Waals surface area contributed by atoms with Crippen molar-refractivity contribution in [1.29, 1.82) is 5.26 Å². The third-order valence-corrected chi connectivity index (χ3v) is 6.18. The standard InChI is InChI=1S/C23H19ClN6O3S/c1-2-29-21(15-7-9-16(24)10-8-15)27-28-23(29)34-14-20(31)33-13-19-26-18-6-4-3-5-17(18)22(32)30(19)12-11-25/h3-10H,2,12-14H2,1H3. The first kappa shape index (κ1) is 23.5. The van der Waals surface area contributed by atoms with Crippen molar-refractivity contribution < 1.29 is 9.53 Å². The van der Waals surface area contributed by atoms with E-state index in [0.717, 1.165) is 5.56 Å². The molecule has 0 spiro atoms. The molecule has 0 aliphatic carbocycles. The lowest BCUT2D eigenvalue weighted by molar-refractivity contribution is -0.142. The number of carbonyl (C=O) groups is 1. The number of rotatable bonds is 8. The SMILES string of the molecule is CCn1c(SCC(=O)OCc2nc3ccccc3c(=O)n2CC#N)nnc1-c1ccc(Cl)cc1. The Labute approximate surface area is 204 Å². The number of thioether (sulfide) groups is 1. The van der Waals surface area contributed by atoms with Gasteiger partial charge in [0.05, 0.1) is 22.7 Å². The maximum Gasteiger partial charge on any atom is 0.316 e. The highest BCUT2D eigenvalue weighted by atomic mass is 35.5. The molecule has 2 aromatic carbocycles. The quantitative estimate of drug-likeness (QED) is 0.269. The van der Waals surface area contributed by atoms with E-state index < -0.39 is 5.97 Å². The first-order valence-electron chi connectivity index (χ1n) is 10.3. The topological polar surface area (TPSA) is 116 Å². The highest BCUT2D eigenvalue weighted by molar-refractivity contribution is 7.99. The van der Waals surface area contributed by atoms with Crippen LogP contribution in [0.3, 0.4) is 0 Å². The van der Waals surface area contributed by atoms with Gasteiger partial charge in [-0.25, -0.2) is 4.98 Å². The van der Waals surface area contributed by atoms with Gasteiger partial charge in [0.2, 0.25) is 0 Å². The Hall–Kier alpha value is -3.68. The summed E-state index contributed by atoms with van der Waals surface area (Å²) in [5.41, 5.74) is 0.997. The Balaban J connectivity index is 1.45. The molecule has 0 amide bonds. The number of esters is 1. The van der Waals surface area contributed by atoms with E-state index in [-0.39, 0.29) is 30.3 Å². The molecule has 2 aromatic heterocycles. The molecule has 4 aromatic rings. The van der Waals surface area contributed by atoms with Gasteiger partial charge in [-0.05, 0) is 43.3 Å². The number of hydrogen-bond donors (Lipinski definition) is 0. The van der Waals surface area contributed by atoms with Crippen molar-refractivity contribution in [3.05, 3.63) is 69.7 Å². The van der Waals surface area contributed by atoms with E-state index in [2.05, 4.69) is 15.2 Å². The second-order valence-electron chi connectivity index (χ2n) is 7.10. The summed E-state index contributed by atoms with van der Waals surface area (Å²) in [6.07, 6.45) is 0. The van der Waals surface area contributed by atoms with Crippen LogP contribution in [-0.4, -0.2) is 36.0 Å². The van der Waals surface area contributed by atoms with Crippen LogP contribution in [0.4, 0.5) is 0 Å². The van der Waals surface area contributed by atoms with E-state index in [1.54, 1.807) is 36.4 Å². The van der Waals surface area contributed by atoms with Crippen molar-refractivity contribution >= 4 is 40.2 Å². The van der Waals surface area contributed by atoms with Crippen LogP contribution < -0.4 is 5.56 Å². The number of nitrogens with zero attached hydrogens (tertiary/aromatic N) is 6. The molecule has 0 radical (unpaired) electrons. The van der Waals surface area contributed by atoms with E-state index in [1.807, 2.05) is 29.7 Å². The van der Waals surface area contributed by atoms with Gasteiger partial charge >= 0.3 is 5.97 Å². The Morgan fingerprint density at radius 3 is 2.65 bits per heavy atom. The average molecular weight is 495 g/mol. The van der Waals surface area contributed by atoms with Crippen molar-refractivity contribution in [3.63, 3.8) is 0 Å². The number of para-hydroxylation sites is 1. The zero-order valence-corrected chi connectivity index (χ0v) is 19.7. The molecule has 0 atom stereocenters. The van der Waals surface area contributed by atoms with Gasteiger partial charge < -0.3 is 9.30 Å². The van der Waals surface area contributed by atoms with Crippen molar-refractivity contribution in [2.75, 3.05) is 5.75 Å². The van der Waals surface area contributed by atoms with Crippen LogP contribution in [0.25, 0.3) is 22.3 Å². The first-order valence-corrected chi connectivity index (χ1v) is 11.7. The predicted molar refractivity (Wildman–Crippen MR) is 128 cm³/mol. The van der Waals surface area contributed by atoms with Crippen molar-refractivity contribution in [1.82, 2.24) is 24.3 Å². The average Bonchev–Trinajstić information content (AvgIpc) is 3.27. The van der Waals surface area contributed by atoms with Gasteiger partial charge in [-0.2, -0.15) is 5.26 Å². The fraction of sp³-hybridized carbons (Fsp3) is 0.217. The van der Waals surface area contributed by atoms with E-state index in [4.69, 9.17) is 21.6 Å². The van der Waals surface area contributed by atoms with E-state index in [0.29, 0.717) is 33.5 Å². The zero-order valence-electron chi connectivity index (χ0n) is 18.1. The molecule has 34 heavy (non-hydrogen) atoms. The molecule has 0 bridgehead atoms. The Morgan fingerprint density at radius 2 is 1.91 bits per heavy atom. The highest BCUT2D eigenvalue weighted by Crippen LogP contribution is 2.25. The Kier molecular flexibility index (Phi) is 7.25. The number of halogens is 1. The Bertz CT molecular complexity index is 1440. The predicted octanol–water partition coefficient (Wildman–Crippen LogP) is 3.69. The smallest absolute Gasteiger partial charge is 0.316 e. The fourth-order valence-electron chi connectivity index (χ4n) is 3.36. The Morgan fingerprint density at radius 1 is 1.15 bits per heavy atom. The lowest BCUT2D eigenvalue weighted by atomic mass is 10.2. The molecule has 0 saturated carbocycles. The molecular weight excluding hydrogens is 476 g/mol. The first-order chi connectivity index (χ1) is 16.5. The maximum atomic E-state index is 12.7. The summed E-state index contributed by atoms with van der Waals surface area (Å²) in [6.45, 7) is 2.16. The summed E-state index contributed by atoms with van der Waals surface area (Å²) >= 11 is 7.16. The van der Waals surface area contributed by atoms with Gasteiger partial charge in [-0.1, -0.05) is 35.5 Å². The lowest BCUT2D eigenvalue weighted by Crippen LogP contribution is -2.26. The van der Waals surface area contributed by atoms with Gasteiger partial charge in [0.15, 0.2) is 16.8 Å². The van der Waals surface area contributed by atoms with Gasteiger partial charge in [-0.3, -0.25) is 14.2 Å². The van der Waals surface area contributed by atoms with Crippen molar-refractivity contribution in [2.45, 2.75) is 31.8 Å². The van der Waals surface area contributed by atoms with Crippen LogP contribution >= 0.6 is 23.4 Å². The molecule has 2 heterocycles. The minimum atomic E-state index is -0.505. The second-order valence-corrected chi connectivity index (χ2v) is 8.48. The van der Waals surface area contributed by atoms with Crippen LogP contribution in [-0.2, 0) is 29.2 Å². The van der Waals surface area contributed by atoms with Crippen LogP contribution in [0, 0.1) is 11.3 Å². The molecule has 11 heteroatoms. The van der Waals surface area contributed by atoms with Gasteiger partial charge in [0, 0.05) is 17.1 Å². The number of ether oxygens (including phenoxy) is 1. The van der Waals surface area contributed by atoms with Crippen LogP contribution in [0.15, 0.2) is 58.5 Å². The zero-order chi connectivity index (χ0) is 24.1. The monoisotopic (exact) mass is 494 g/mol. The summed E-state index contributed by atoms with van der Waals surface area (Å²) in [4.78, 5) is 29.5. The second kappa shape index (κ2) is 10.5. The molecular formula is C23H19ClN6O3S. The lowest BCUT2D eigenvalue weighted by Gasteiger charge is -2.11. The van der Waals surface area contributed by atoms with Crippen LogP contribution in [0.5, 0.6) is 0 Å². The van der Waals surface area contributed by atoms with Crippen molar-refractivity contribution in [3.8, 4) is 17.5 Å². The molecule has 0 N–H and O–H groups in total. The number of nitriles is 1. The van der Waals surface area contributed by atoms with E-state index >= 15 is 0 Å². The summed E-state index contributed by atoms with van der Waals surface area (Å²) in [6, 6.07) is 16.1. The van der Waals surface area contributed by atoms with Gasteiger partial charge in [-0.15, -0.1) is 10.2 Å². The van der Waals surface area contributed by atoms with E-state index in [1.165, 1.54) is 16.3 Å². The molecule has 0 aliphatic rings. The number of aromatic nitrogens is 5. The molecule has 0 fully saturated rings. The molecule has 9 nitrogen and oxygen atoms in total. The fourth-order valence-corrected chi connectivity index (χ4v) is 4.29. The maximum absolute atomic E-state index is 12.7. The minimum absolute atomic E-state index is 0.00514. The normalized spacial score (nSPS) is 10.9. The van der Waals surface area contributed by atoms with Gasteiger partial charge in [0.25, 0.3) is 5.56 Å². The summed E-state index contributed by atoms with van der Waals surface area (Å²) in [5, 5.41) is 19.2. The van der Waals surface area contributed by atoms with Crippen molar-refractivity contribution in [2.24, 2.45) is 0 Å². The highest BCUT2D eigenvalue weighted by Gasteiger charge is 2.17. The minimum Gasteiger partial charge on any atom is -0.457 e. The summed E-state index contributed by atoms with van der Waals surface area (Å²) < 4.78 is 8.47. The summed E-state index contributed by atoms with van der Waals surface area (Å²) in [5.74, 6) is 0.380. The number of fused-ring (bicyclic) bond motifs is 1. The third kappa shape index (κ3) is 4.95. The number of hydrogen-bond acceptors (Lipinski definition) is 8. The van der Waals surface area contributed by atoms with Gasteiger partial charge in [0.1, 0.15) is 13.2 Å². The largest absolute Gasteiger partial charge is 0.457 e. The number of carbonyl (C=O) groups excluding carboxylic acids is 1. The van der Waals surface area contributed by atoms with Crippen LogP contribution in [0.1, 0.15) is 12.7 Å². The molecule has 0 aliphatic heterocycles.